The molecular formula is C19H15N3O7. The lowest BCUT2D eigenvalue weighted by atomic mass is 10.1. The molecule has 29 heavy (non-hydrogen) atoms. The minimum Gasteiger partial charge on any atom is -0.502 e. The third-order valence-corrected chi connectivity index (χ3v) is 4.01. The number of phenols is 1. The molecule has 0 radical (unpaired) electrons. The van der Waals surface area contributed by atoms with E-state index in [2.05, 4.69) is 5.32 Å². The zero-order chi connectivity index (χ0) is 21.1. The standard InChI is InChI=1S/C19H15N3O7/c1-2-29-13-6-4-12(5-7-13)21-18(25)14(17(24)20-19(21)26)9-11-3-8-16(23)15(10-11)22(27)28/h3-10,23H,2H2,1H3,(H,20,24,26)/b14-9+. The molecule has 2 aromatic carbocycles. The Kier molecular flexibility index (Phi) is 5.26. The van der Waals surface area contributed by atoms with Crippen LogP contribution in [0.4, 0.5) is 16.2 Å². The second kappa shape index (κ2) is 7.80. The molecule has 2 N–H and O–H groups in total. The van der Waals surface area contributed by atoms with Crippen LogP contribution in [0.3, 0.4) is 0 Å². The van der Waals surface area contributed by atoms with Gasteiger partial charge in [0.15, 0.2) is 5.75 Å². The van der Waals surface area contributed by atoms with Gasteiger partial charge < -0.3 is 9.84 Å². The number of urea groups is 1. The second-order valence-corrected chi connectivity index (χ2v) is 5.89. The highest BCUT2D eigenvalue weighted by Crippen LogP contribution is 2.28. The van der Waals surface area contributed by atoms with Gasteiger partial charge in [0.1, 0.15) is 11.3 Å². The van der Waals surface area contributed by atoms with Gasteiger partial charge in [0.05, 0.1) is 17.2 Å². The molecule has 0 unspecified atom stereocenters. The molecule has 0 spiro atoms. The summed E-state index contributed by atoms with van der Waals surface area (Å²) in [5, 5.41) is 22.6. The predicted octanol–water partition coefficient (Wildman–Crippen LogP) is 2.37. The average molecular weight is 397 g/mol. The van der Waals surface area contributed by atoms with E-state index in [0.717, 1.165) is 23.1 Å². The summed E-state index contributed by atoms with van der Waals surface area (Å²) in [4.78, 5) is 48.1. The van der Waals surface area contributed by atoms with Crippen molar-refractivity contribution in [2.45, 2.75) is 6.92 Å². The topological polar surface area (TPSA) is 139 Å². The minimum atomic E-state index is -0.932. The van der Waals surface area contributed by atoms with Crippen LogP contribution in [0, 0.1) is 10.1 Å². The fourth-order valence-electron chi connectivity index (χ4n) is 2.69. The molecule has 3 rings (SSSR count). The highest BCUT2D eigenvalue weighted by molar-refractivity contribution is 6.39. The summed E-state index contributed by atoms with van der Waals surface area (Å²) in [6.07, 6.45) is 1.11. The van der Waals surface area contributed by atoms with Crippen LogP contribution >= 0.6 is 0 Å². The largest absolute Gasteiger partial charge is 0.502 e. The molecule has 0 bridgehead atoms. The summed E-state index contributed by atoms with van der Waals surface area (Å²) in [5.74, 6) is -1.83. The highest BCUT2D eigenvalue weighted by atomic mass is 16.6. The molecule has 0 aromatic heterocycles. The number of aromatic hydroxyl groups is 1. The van der Waals surface area contributed by atoms with Crippen molar-refractivity contribution in [3.63, 3.8) is 0 Å². The number of carbonyl (C=O) groups excluding carboxylic acids is 3. The number of hydrogen-bond acceptors (Lipinski definition) is 7. The molecule has 1 aliphatic heterocycles. The van der Waals surface area contributed by atoms with Gasteiger partial charge in [-0.1, -0.05) is 6.07 Å². The Labute approximate surface area is 164 Å². The maximum atomic E-state index is 12.8. The van der Waals surface area contributed by atoms with Gasteiger partial charge in [0.2, 0.25) is 0 Å². The van der Waals surface area contributed by atoms with Crippen molar-refractivity contribution in [2.24, 2.45) is 0 Å². The Morgan fingerprint density at radius 3 is 2.48 bits per heavy atom. The monoisotopic (exact) mass is 397 g/mol. The molecule has 1 fully saturated rings. The summed E-state index contributed by atoms with van der Waals surface area (Å²) in [6.45, 7) is 2.26. The van der Waals surface area contributed by atoms with Crippen LogP contribution in [0.25, 0.3) is 6.08 Å². The molecule has 1 saturated heterocycles. The first-order valence-corrected chi connectivity index (χ1v) is 8.43. The molecule has 2 aromatic rings. The lowest BCUT2D eigenvalue weighted by Gasteiger charge is -2.26. The Bertz CT molecular complexity index is 1040. The molecule has 10 heteroatoms. The maximum Gasteiger partial charge on any atom is 0.335 e. The Morgan fingerprint density at radius 2 is 1.86 bits per heavy atom. The first kappa shape index (κ1) is 19.5. The fraction of sp³-hybridized carbons (Fsp3) is 0.105. The molecule has 1 aliphatic rings. The Morgan fingerprint density at radius 1 is 1.17 bits per heavy atom. The number of barbiturate groups is 1. The lowest BCUT2D eigenvalue weighted by Crippen LogP contribution is -2.54. The third kappa shape index (κ3) is 3.90. The van der Waals surface area contributed by atoms with E-state index < -0.39 is 39.8 Å². The molecule has 1 heterocycles. The van der Waals surface area contributed by atoms with Crippen molar-refractivity contribution < 1.29 is 29.2 Å². The quantitative estimate of drug-likeness (QED) is 0.342. The van der Waals surface area contributed by atoms with Gasteiger partial charge in [-0.15, -0.1) is 0 Å². The predicted molar refractivity (Wildman–Crippen MR) is 101 cm³/mol. The number of benzene rings is 2. The van der Waals surface area contributed by atoms with Crippen LogP contribution in [0.5, 0.6) is 11.5 Å². The van der Waals surface area contributed by atoms with Gasteiger partial charge in [0, 0.05) is 6.07 Å². The van der Waals surface area contributed by atoms with Gasteiger partial charge in [-0.05, 0) is 48.9 Å². The number of phenolic OH excluding ortho intramolecular Hbond substituents is 1. The van der Waals surface area contributed by atoms with E-state index in [-0.39, 0.29) is 11.3 Å². The van der Waals surface area contributed by atoms with Crippen molar-refractivity contribution in [2.75, 3.05) is 11.5 Å². The number of amides is 4. The maximum absolute atomic E-state index is 12.8. The van der Waals surface area contributed by atoms with E-state index in [0.29, 0.717) is 12.4 Å². The summed E-state index contributed by atoms with van der Waals surface area (Å²) in [7, 11) is 0. The minimum absolute atomic E-state index is 0.133. The molecule has 148 valence electrons. The number of carbonyl (C=O) groups is 3. The zero-order valence-corrected chi connectivity index (χ0v) is 15.1. The van der Waals surface area contributed by atoms with Crippen LogP contribution in [-0.4, -0.2) is 34.5 Å². The smallest absolute Gasteiger partial charge is 0.335 e. The number of rotatable bonds is 5. The van der Waals surface area contributed by atoms with Crippen LogP contribution < -0.4 is 15.0 Å². The SMILES string of the molecule is CCOc1ccc(N2C(=O)NC(=O)/C(=C\c3ccc(O)c([N+](=O)[O-])c3)C2=O)cc1. The molecular weight excluding hydrogens is 382 g/mol. The van der Waals surface area contributed by atoms with Crippen molar-refractivity contribution in [3.8, 4) is 11.5 Å². The van der Waals surface area contributed by atoms with E-state index in [1.54, 1.807) is 12.1 Å². The molecule has 10 nitrogen and oxygen atoms in total. The van der Waals surface area contributed by atoms with Crippen molar-refractivity contribution >= 4 is 35.3 Å². The molecule has 0 aliphatic carbocycles. The highest BCUT2D eigenvalue weighted by Gasteiger charge is 2.36. The van der Waals surface area contributed by atoms with E-state index in [9.17, 15) is 29.6 Å². The number of ether oxygens (including phenoxy) is 1. The number of hydrogen-bond donors (Lipinski definition) is 2. The summed E-state index contributed by atoms with van der Waals surface area (Å²) in [5.41, 5.74) is -0.624. The Balaban J connectivity index is 1.97. The third-order valence-electron chi connectivity index (χ3n) is 4.01. The van der Waals surface area contributed by atoms with Gasteiger partial charge >= 0.3 is 11.7 Å². The van der Waals surface area contributed by atoms with Crippen LogP contribution in [0.15, 0.2) is 48.0 Å². The van der Waals surface area contributed by atoms with E-state index in [1.165, 1.54) is 18.2 Å². The van der Waals surface area contributed by atoms with Crippen molar-refractivity contribution in [3.05, 3.63) is 63.7 Å². The van der Waals surface area contributed by atoms with Crippen LogP contribution in [0.1, 0.15) is 12.5 Å². The van der Waals surface area contributed by atoms with Gasteiger partial charge in [-0.3, -0.25) is 25.0 Å². The van der Waals surface area contributed by atoms with Crippen molar-refractivity contribution in [1.29, 1.82) is 0 Å². The van der Waals surface area contributed by atoms with Gasteiger partial charge in [-0.25, -0.2) is 9.69 Å². The zero-order valence-electron chi connectivity index (χ0n) is 15.1. The first-order valence-electron chi connectivity index (χ1n) is 8.43. The number of anilines is 1. The molecule has 0 saturated carbocycles. The van der Waals surface area contributed by atoms with Gasteiger partial charge in [0.25, 0.3) is 11.8 Å². The van der Waals surface area contributed by atoms with Gasteiger partial charge in [-0.2, -0.15) is 0 Å². The van der Waals surface area contributed by atoms with E-state index in [4.69, 9.17) is 4.74 Å². The lowest BCUT2D eigenvalue weighted by molar-refractivity contribution is -0.385. The normalized spacial score (nSPS) is 15.4. The molecule has 4 amide bonds. The Hall–Kier alpha value is -4.21. The number of nitro benzene ring substituents is 1. The molecule has 0 atom stereocenters. The number of nitrogens with one attached hydrogen (secondary N) is 1. The number of imide groups is 2. The van der Waals surface area contributed by atoms with Crippen LogP contribution in [0.2, 0.25) is 0 Å². The van der Waals surface area contributed by atoms with Crippen molar-refractivity contribution in [1.82, 2.24) is 5.32 Å². The summed E-state index contributed by atoms with van der Waals surface area (Å²) >= 11 is 0. The average Bonchev–Trinajstić information content (AvgIpc) is 2.67. The number of nitrogens with zero attached hydrogens (tertiary/aromatic N) is 2. The van der Waals surface area contributed by atoms with Crippen LogP contribution in [-0.2, 0) is 9.59 Å². The van der Waals surface area contributed by atoms with E-state index in [1.807, 2.05) is 6.92 Å². The van der Waals surface area contributed by atoms with E-state index >= 15 is 0 Å². The summed E-state index contributed by atoms with van der Waals surface area (Å²) in [6, 6.07) is 8.59. The summed E-state index contributed by atoms with van der Waals surface area (Å²) < 4.78 is 5.31. The number of nitro groups is 1. The fourth-order valence-corrected chi connectivity index (χ4v) is 2.69. The first-order chi connectivity index (χ1) is 13.8. The second-order valence-electron chi connectivity index (χ2n) is 5.89.